The van der Waals surface area contributed by atoms with Gasteiger partial charge in [0.1, 0.15) is 5.75 Å². The van der Waals surface area contributed by atoms with Crippen LogP contribution in [0.2, 0.25) is 11.3 Å². The minimum Gasteiger partial charge on any atom is -0.508 e. The Bertz CT molecular complexity index is 1440. The third kappa shape index (κ3) is 5.83. The van der Waals surface area contributed by atoms with Crippen LogP contribution in [0.25, 0.3) is 6.08 Å². The molecule has 8 nitrogen and oxygen atoms in total. The zero-order chi connectivity index (χ0) is 30.3. The Morgan fingerprint density at radius 2 is 1.93 bits per heavy atom. The average Bonchev–Trinajstić information content (AvgIpc) is 3.20. The number of allylic oxidation sites excluding steroid dienone is 2. The lowest BCUT2D eigenvalue weighted by Gasteiger charge is -2.44. The molecule has 2 aliphatic heterocycles. The molecule has 0 unspecified atom stereocenters. The molecule has 3 aliphatic rings. The minimum atomic E-state index is -1.72. The molecule has 0 bridgehead atoms. The van der Waals surface area contributed by atoms with Gasteiger partial charge in [0.25, 0.3) is 0 Å². The summed E-state index contributed by atoms with van der Waals surface area (Å²) < 4.78 is 6.13. The summed E-state index contributed by atoms with van der Waals surface area (Å²) >= 11 is 6.34. The number of anilines is 1. The van der Waals surface area contributed by atoms with Gasteiger partial charge < -0.3 is 24.8 Å². The van der Waals surface area contributed by atoms with Crippen LogP contribution in [0, 0.1) is 23.7 Å². The van der Waals surface area contributed by atoms with Gasteiger partial charge in [0.15, 0.2) is 0 Å². The van der Waals surface area contributed by atoms with Crippen LogP contribution in [0.15, 0.2) is 59.2 Å². The number of phenols is 1. The molecule has 5 rings (SSSR count). The van der Waals surface area contributed by atoms with Crippen LogP contribution in [0.5, 0.6) is 5.75 Å². The SMILES string of the molecule is CC/C(=C\c1ccc(O)cc1Cl)CC[C@H]1OB(O)C[C@H]2C1=C(C(C)C)C[C@H]1C(=O)N(c3cccc(B(O)O)c3)C(=O)[C@H]12. The normalized spacial score (nSPS) is 24.4. The van der Waals surface area contributed by atoms with Crippen molar-refractivity contribution in [1.82, 2.24) is 0 Å². The van der Waals surface area contributed by atoms with Crippen molar-refractivity contribution in [1.29, 1.82) is 0 Å². The molecule has 0 saturated carbocycles. The lowest BCUT2D eigenvalue weighted by molar-refractivity contribution is -0.122. The predicted molar refractivity (Wildman–Crippen MR) is 164 cm³/mol. The second-order valence-corrected chi connectivity index (χ2v) is 12.2. The largest absolute Gasteiger partial charge is 0.508 e. The third-order valence-electron chi connectivity index (χ3n) is 8.89. The van der Waals surface area contributed by atoms with Crippen LogP contribution in [0.4, 0.5) is 5.69 Å². The number of benzene rings is 2. The Balaban J connectivity index is 1.45. The summed E-state index contributed by atoms with van der Waals surface area (Å²) in [6, 6.07) is 11.1. The van der Waals surface area contributed by atoms with Crippen molar-refractivity contribution in [2.24, 2.45) is 23.7 Å². The number of carbonyl (C=O) groups is 2. The Labute approximate surface area is 251 Å². The maximum Gasteiger partial charge on any atom is 0.488 e. The van der Waals surface area contributed by atoms with E-state index in [0.717, 1.165) is 28.7 Å². The summed E-state index contributed by atoms with van der Waals surface area (Å²) in [6.07, 6.45) is 4.32. The number of aromatic hydroxyl groups is 1. The van der Waals surface area contributed by atoms with Crippen molar-refractivity contribution < 1.29 is 34.4 Å². The first-order valence-corrected chi connectivity index (χ1v) is 15.0. The topological polar surface area (TPSA) is 128 Å². The second kappa shape index (κ2) is 12.4. The van der Waals surface area contributed by atoms with Gasteiger partial charge in [-0.25, -0.2) is 0 Å². The summed E-state index contributed by atoms with van der Waals surface area (Å²) in [4.78, 5) is 28.9. The Kier molecular flexibility index (Phi) is 9.02. The Morgan fingerprint density at radius 1 is 1.17 bits per heavy atom. The first-order chi connectivity index (χ1) is 20.0. The Hall–Kier alpha value is -2.88. The molecule has 4 atom stereocenters. The first-order valence-electron chi connectivity index (χ1n) is 14.6. The van der Waals surface area contributed by atoms with Gasteiger partial charge in [-0.2, -0.15) is 0 Å². The summed E-state index contributed by atoms with van der Waals surface area (Å²) in [7, 11) is -2.79. The van der Waals surface area contributed by atoms with Crippen molar-refractivity contribution >= 4 is 54.9 Å². The van der Waals surface area contributed by atoms with Gasteiger partial charge in [-0.1, -0.05) is 61.7 Å². The smallest absolute Gasteiger partial charge is 0.488 e. The molecule has 11 heteroatoms. The van der Waals surface area contributed by atoms with Crippen molar-refractivity contribution in [3.05, 3.63) is 69.8 Å². The first kappa shape index (κ1) is 30.6. The van der Waals surface area contributed by atoms with E-state index in [9.17, 15) is 29.8 Å². The number of imide groups is 1. The van der Waals surface area contributed by atoms with Crippen LogP contribution in [0.3, 0.4) is 0 Å². The highest BCUT2D eigenvalue weighted by molar-refractivity contribution is 6.58. The summed E-state index contributed by atoms with van der Waals surface area (Å²) in [5.74, 6) is -1.94. The quantitative estimate of drug-likeness (QED) is 0.208. The molecule has 42 heavy (non-hydrogen) atoms. The number of halogens is 1. The van der Waals surface area contributed by atoms with Crippen molar-refractivity contribution in [3.63, 3.8) is 0 Å². The van der Waals surface area contributed by atoms with E-state index < -0.39 is 32.2 Å². The number of phenolic OH excluding ortho intramolecular Hbond substituents is 1. The molecule has 2 heterocycles. The van der Waals surface area contributed by atoms with Crippen molar-refractivity contribution in [2.45, 2.75) is 58.9 Å². The summed E-state index contributed by atoms with van der Waals surface area (Å²) in [6.45, 7) is 6.22. The van der Waals surface area contributed by atoms with Gasteiger partial charge >= 0.3 is 14.2 Å². The number of hydrogen-bond donors (Lipinski definition) is 4. The minimum absolute atomic E-state index is 0.104. The van der Waals surface area contributed by atoms with Gasteiger partial charge in [0.2, 0.25) is 11.8 Å². The average molecular weight is 592 g/mol. The highest BCUT2D eigenvalue weighted by Gasteiger charge is 2.57. The monoisotopic (exact) mass is 591 g/mol. The fourth-order valence-corrected chi connectivity index (χ4v) is 7.08. The van der Waals surface area contributed by atoms with E-state index >= 15 is 0 Å². The van der Waals surface area contributed by atoms with Gasteiger partial charge in [-0.15, -0.1) is 0 Å². The number of nitrogens with zero attached hydrogens (tertiary/aromatic N) is 1. The molecule has 2 fully saturated rings. The van der Waals surface area contributed by atoms with E-state index in [4.69, 9.17) is 16.3 Å². The van der Waals surface area contributed by atoms with Gasteiger partial charge in [-0.05, 0) is 90.8 Å². The number of rotatable bonds is 8. The van der Waals surface area contributed by atoms with E-state index in [0.29, 0.717) is 30.0 Å². The van der Waals surface area contributed by atoms with Crippen LogP contribution >= 0.6 is 11.6 Å². The zero-order valence-corrected chi connectivity index (χ0v) is 24.8. The van der Waals surface area contributed by atoms with E-state index in [1.54, 1.807) is 24.3 Å². The third-order valence-corrected chi connectivity index (χ3v) is 9.22. The lowest BCUT2D eigenvalue weighted by Crippen LogP contribution is -2.46. The zero-order valence-electron chi connectivity index (χ0n) is 24.0. The fourth-order valence-electron chi connectivity index (χ4n) is 6.85. The molecule has 2 amide bonds. The highest BCUT2D eigenvalue weighted by Crippen LogP contribution is 2.52. The van der Waals surface area contributed by atoms with E-state index in [1.807, 2.05) is 6.08 Å². The molecule has 4 N–H and O–H groups in total. The molecule has 2 saturated heterocycles. The maximum absolute atomic E-state index is 13.9. The molecule has 2 aromatic rings. The predicted octanol–water partition coefficient (Wildman–Crippen LogP) is 3.96. The van der Waals surface area contributed by atoms with E-state index in [-0.39, 0.29) is 41.2 Å². The number of amides is 2. The van der Waals surface area contributed by atoms with Crippen molar-refractivity contribution in [2.75, 3.05) is 4.90 Å². The number of hydrogen-bond acceptors (Lipinski definition) is 7. The number of fused-ring (bicyclic) bond motifs is 3. The van der Waals surface area contributed by atoms with Crippen LogP contribution in [-0.2, 0) is 14.2 Å². The number of carbonyl (C=O) groups excluding carboxylic acids is 2. The van der Waals surface area contributed by atoms with Gasteiger partial charge in [0.05, 0.1) is 28.6 Å². The molecular formula is C31H36B2ClNO7. The van der Waals surface area contributed by atoms with Gasteiger partial charge in [-0.3, -0.25) is 14.5 Å². The van der Waals surface area contributed by atoms with E-state index in [2.05, 4.69) is 20.8 Å². The van der Waals surface area contributed by atoms with Gasteiger partial charge in [0, 0.05) is 0 Å². The molecule has 0 aromatic heterocycles. The highest BCUT2D eigenvalue weighted by atomic mass is 35.5. The standard InChI is InChI=1S/C31H36B2ClNO7/c1-4-18(12-19-9-10-22(36)14-26(19)34)8-11-27-28-23(17(2)3)15-24-29(25(28)16-32(39)42-27)31(38)35(30(24)37)21-7-5-6-20(13-21)33(40)41/h5-7,9-10,12-14,17,24-25,27,29,36,39-41H,4,8,11,15-16H2,1-3H3/b18-12+/t24-,25+,27-,29-/m1/s1. The molecule has 1 aliphatic carbocycles. The maximum atomic E-state index is 13.9. The van der Waals surface area contributed by atoms with Crippen LogP contribution < -0.4 is 10.4 Å². The molecule has 0 radical (unpaired) electrons. The van der Waals surface area contributed by atoms with Crippen LogP contribution in [0.1, 0.15) is 52.0 Å². The molecule has 0 spiro atoms. The fraction of sp³-hybridized carbons (Fsp3) is 0.419. The van der Waals surface area contributed by atoms with Crippen molar-refractivity contribution in [3.8, 4) is 5.75 Å². The molecule has 220 valence electrons. The van der Waals surface area contributed by atoms with Crippen LogP contribution in [-0.4, -0.2) is 52.3 Å². The second-order valence-electron chi connectivity index (χ2n) is 11.8. The molecular weight excluding hydrogens is 555 g/mol. The summed E-state index contributed by atoms with van der Waals surface area (Å²) in [5.41, 5.74) is 4.57. The molecule has 2 aromatic carbocycles. The summed E-state index contributed by atoms with van der Waals surface area (Å²) in [5, 5.41) is 40.3. The Morgan fingerprint density at radius 3 is 2.60 bits per heavy atom. The lowest BCUT2D eigenvalue weighted by atomic mass is 9.57. The van der Waals surface area contributed by atoms with E-state index in [1.165, 1.54) is 23.1 Å².